The van der Waals surface area contributed by atoms with Crippen LogP contribution in [-0.2, 0) is 22.4 Å². The van der Waals surface area contributed by atoms with E-state index in [9.17, 15) is 14.4 Å². The van der Waals surface area contributed by atoms with E-state index >= 15 is 0 Å². The van der Waals surface area contributed by atoms with Gasteiger partial charge in [-0.1, -0.05) is 26.0 Å². The lowest BCUT2D eigenvalue weighted by Crippen LogP contribution is -2.30. The normalized spacial score (nSPS) is 16.4. The molecule has 1 aliphatic heterocycles. The van der Waals surface area contributed by atoms with E-state index in [1.807, 2.05) is 0 Å². The van der Waals surface area contributed by atoms with Gasteiger partial charge in [0.25, 0.3) is 0 Å². The molecule has 1 N–H and O–H groups in total. The highest BCUT2D eigenvalue weighted by Crippen LogP contribution is 2.44. The van der Waals surface area contributed by atoms with Gasteiger partial charge in [0, 0.05) is 43.2 Å². The molecule has 36 heavy (non-hydrogen) atoms. The minimum absolute atomic E-state index is 0.0413. The maximum absolute atomic E-state index is 13.8. The lowest BCUT2D eigenvalue weighted by atomic mass is 9.74. The quantitative estimate of drug-likeness (QED) is 0.492. The number of benzene rings is 2. The number of aliphatic carboxylic acids is 1. The maximum Gasteiger partial charge on any atom is 0.303 e. The Morgan fingerprint density at radius 1 is 1.08 bits per heavy atom. The molecular weight excluding hydrogens is 460 g/mol. The van der Waals surface area contributed by atoms with Crippen molar-refractivity contribution in [3.8, 4) is 22.6 Å². The highest BCUT2D eigenvalue weighted by molar-refractivity contribution is 5.99. The number of allylic oxidation sites excluding steroid dienone is 2. The number of rotatable bonds is 6. The van der Waals surface area contributed by atoms with Crippen molar-refractivity contribution in [3.05, 3.63) is 69.3 Å². The minimum atomic E-state index is -0.909. The highest BCUT2D eigenvalue weighted by Gasteiger charge is 2.37. The number of carbonyl (C=O) groups is 2. The van der Waals surface area contributed by atoms with E-state index in [-0.39, 0.29) is 29.5 Å². The number of carboxylic acids is 1. The van der Waals surface area contributed by atoms with Crippen LogP contribution < -0.4 is 14.9 Å². The summed E-state index contributed by atoms with van der Waals surface area (Å²) in [7, 11) is 1.57. The Morgan fingerprint density at radius 2 is 1.83 bits per heavy atom. The van der Waals surface area contributed by atoms with Gasteiger partial charge in [0.05, 0.1) is 18.1 Å². The van der Waals surface area contributed by atoms with Gasteiger partial charge in [-0.25, -0.2) is 0 Å². The van der Waals surface area contributed by atoms with Crippen molar-refractivity contribution < 1.29 is 28.6 Å². The fourth-order valence-electron chi connectivity index (χ4n) is 5.13. The second kappa shape index (κ2) is 8.97. The van der Waals surface area contributed by atoms with Crippen molar-refractivity contribution in [3.63, 3.8) is 0 Å². The van der Waals surface area contributed by atoms with E-state index in [2.05, 4.69) is 13.8 Å². The van der Waals surface area contributed by atoms with Crippen molar-refractivity contribution in [1.82, 2.24) is 0 Å². The molecule has 7 nitrogen and oxygen atoms in total. The Kier molecular flexibility index (Phi) is 5.94. The van der Waals surface area contributed by atoms with Crippen LogP contribution in [0.25, 0.3) is 22.1 Å². The molecule has 1 aliphatic carbocycles. The van der Waals surface area contributed by atoms with Crippen LogP contribution in [0.5, 0.6) is 11.5 Å². The summed E-state index contributed by atoms with van der Waals surface area (Å²) in [4.78, 5) is 37.9. The zero-order chi connectivity index (χ0) is 25.6. The molecule has 0 saturated heterocycles. The third kappa shape index (κ3) is 4.30. The summed E-state index contributed by atoms with van der Waals surface area (Å²) in [6, 6.07) is 10.6. The summed E-state index contributed by atoms with van der Waals surface area (Å²) in [5, 5.41) is 9.53. The Morgan fingerprint density at radius 3 is 2.53 bits per heavy atom. The largest absolute Gasteiger partial charge is 0.497 e. The number of Topliss-reactive ketones (excluding diaryl/α,β-unsaturated/α-hetero) is 1. The Hall–Kier alpha value is -3.87. The lowest BCUT2D eigenvalue weighted by molar-refractivity contribution is -0.137. The van der Waals surface area contributed by atoms with Gasteiger partial charge < -0.3 is 19.0 Å². The van der Waals surface area contributed by atoms with Crippen LogP contribution in [-0.4, -0.2) is 24.0 Å². The zero-order valence-corrected chi connectivity index (χ0v) is 20.6. The number of ketones is 1. The number of hydrogen-bond acceptors (Lipinski definition) is 6. The fourth-order valence-corrected chi connectivity index (χ4v) is 5.13. The number of methoxy groups -OCH3 is 1. The predicted molar refractivity (Wildman–Crippen MR) is 134 cm³/mol. The second-order valence-electron chi connectivity index (χ2n) is 10.2. The van der Waals surface area contributed by atoms with Crippen LogP contribution in [0.4, 0.5) is 0 Å². The Balaban J connectivity index is 1.65. The third-order valence-electron chi connectivity index (χ3n) is 6.90. The van der Waals surface area contributed by atoms with E-state index in [1.54, 1.807) is 43.5 Å². The first-order chi connectivity index (χ1) is 17.2. The molecular formula is C29H28O7. The van der Waals surface area contributed by atoms with E-state index in [1.165, 1.54) is 0 Å². The smallest absolute Gasteiger partial charge is 0.303 e. The van der Waals surface area contributed by atoms with Crippen molar-refractivity contribution in [1.29, 1.82) is 0 Å². The topological polar surface area (TPSA) is 103 Å². The van der Waals surface area contributed by atoms with Gasteiger partial charge in [-0.05, 0) is 41.7 Å². The molecule has 0 radical (unpaired) electrons. The second-order valence-corrected chi connectivity index (χ2v) is 10.2. The average molecular weight is 489 g/mol. The summed E-state index contributed by atoms with van der Waals surface area (Å²) in [6.07, 6.45) is 2.02. The summed E-state index contributed by atoms with van der Waals surface area (Å²) < 4.78 is 17.8. The van der Waals surface area contributed by atoms with Crippen LogP contribution in [0.2, 0.25) is 0 Å². The van der Waals surface area contributed by atoms with Crippen LogP contribution >= 0.6 is 0 Å². The number of aryl methyl sites for hydroxylation is 1. The lowest BCUT2D eigenvalue weighted by Gasteiger charge is -2.34. The molecule has 7 heteroatoms. The van der Waals surface area contributed by atoms with Crippen molar-refractivity contribution in [2.24, 2.45) is 5.41 Å². The molecule has 2 heterocycles. The predicted octanol–water partition coefficient (Wildman–Crippen LogP) is 5.45. The van der Waals surface area contributed by atoms with Gasteiger partial charge in [-0.15, -0.1) is 0 Å². The average Bonchev–Trinajstić information content (AvgIpc) is 2.82. The van der Waals surface area contributed by atoms with Gasteiger partial charge in [-0.3, -0.25) is 14.4 Å². The van der Waals surface area contributed by atoms with Crippen molar-refractivity contribution in [2.45, 2.75) is 52.4 Å². The van der Waals surface area contributed by atoms with Gasteiger partial charge in [0.15, 0.2) is 5.78 Å². The summed E-state index contributed by atoms with van der Waals surface area (Å²) in [6.45, 7) is 4.11. The number of hydrogen-bond donors (Lipinski definition) is 1. The van der Waals surface area contributed by atoms with Gasteiger partial charge in [0.1, 0.15) is 28.6 Å². The fraction of sp³-hybridized carbons (Fsp3) is 0.345. The van der Waals surface area contributed by atoms with E-state index in [0.717, 1.165) is 0 Å². The van der Waals surface area contributed by atoms with E-state index < -0.39 is 5.97 Å². The molecule has 3 aromatic rings. The number of carboxylic acid groups (broad SMARTS) is 1. The summed E-state index contributed by atoms with van der Waals surface area (Å²) in [5.41, 5.74) is 2.42. The van der Waals surface area contributed by atoms with E-state index in [4.69, 9.17) is 19.0 Å². The molecule has 0 bridgehead atoms. The van der Waals surface area contributed by atoms with Crippen molar-refractivity contribution >= 4 is 22.7 Å². The molecule has 2 aliphatic rings. The SMILES string of the molecule is COc1ccc(-c2c(CCCC(=O)O)oc3c4c(ccc3c2=O)OC2=C(C4)C(=O)CC(C)(C)C2)cc1. The Bertz CT molecular complexity index is 1470. The number of fused-ring (bicyclic) bond motifs is 3. The molecule has 5 rings (SSSR count). The van der Waals surface area contributed by atoms with E-state index in [0.29, 0.717) is 81.9 Å². The van der Waals surface area contributed by atoms with Gasteiger partial charge in [-0.2, -0.15) is 0 Å². The van der Waals surface area contributed by atoms with Gasteiger partial charge in [0.2, 0.25) is 5.43 Å². The molecule has 2 aromatic carbocycles. The number of ether oxygens (including phenoxy) is 2. The third-order valence-corrected chi connectivity index (χ3v) is 6.90. The summed E-state index contributed by atoms with van der Waals surface area (Å²) in [5.74, 6) is 1.51. The van der Waals surface area contributed by atoms with Crippen LogP contribution in [0.1, 0.15) is 50.9 Å². The molecule has 1 aromatic heterocycles. The number of carbonyl (C=O) groups excluding carboxylic acids is 1. The Labute approximate surface area is 208 Å². The first-order valence-corrected chi connectivity index (χ1v) is 12.1. The molecule has 0 saturated carbocycles. The van der Waals surface area contributed by atoms with Crippen LogP contribution in [0, 0.1) is 5.41 Å². The van der Waals surface area contributed by atoms with Crippen LogP contribution in [0.3, 0.4) is 0 Å². The monoisotopic (exact) mass is 488 g/mol. The first kappa shape index (κ1) is 23.9. The van der Waals surface area contributed by atoms with Gasteiger partial charge >= 0.3 is 5.97 Å². The maximum atomic E-state index is 13.8. The molecule has 0 fully saturated rings. The standard InChI is InChI=1S/C29H28O7/c1-29(2)14-21(30)19-13-20-22(35-24(19)15-29)12-11-18-27(33)26(16-7-9-17(34-3)10-8-16)23(36-28(18)20)5-4-6-25(31)32/h7-12H,4-6,13-15H2,1-3H3,(H,31,32). The molecule has 0 amide bonds. The summed E-state index contributed by atoms with van der Waals surface area (Å²) >= 11 is 0. The molecule has 0 atom stereocenters. The van der Waals surface area contributed by atoms with Crippen molar-refractivity contribution in [2.75, 3.05) is 7.11 Å². The highest BCUT2D eigenvalue weighted by atomic mass is 16.5. The zero-order valence-electron chi connectivity index (χ0n) is 20.6. The minimum Gasteiger partial charge on any atom is -0.497 e. The molecule has 0 spiro atoms. The molecule has 186 valence electrons. The molecule has 0 unspecified atom stereocenters. The first-order valence-electron chi connectivity index (χ1n) is 12.1. The van der Waals surface area contributed by atoms with Crippen LogP contribution in [0.15, 0.2) is 56.9 Å².